The molecule has 1 saturated heterocycles. The highest BCUT2D eigenvalue weighted by atomic mass is 15.2. The molecule has 0 amide bonds. The number of rotatable bonds is 1. The molecule has 1 heterocycles. The Balaban J connectivity index is 2.62. The second kappa shape index (κ2) is 4.43. The molecule has 0 atom stereocenters. The van der Waals surface area contributed by atoms with Crippen molar-refractivity contribution < 1.29 is 0 Å². The molecule has 1 rings (SSSR count). The van der Waals surface area contributed by atoms with E-state index < -0.39 is 0 Å². The number of hydrogen-bond acceptors (Lipinski definition) is 2. The molecule has 0 spiro atoms. The van der Waals surface area contributed by atoms with Crippen molar-refractivity contribution in [1.29, 1.82) is 0 Å². The highest BCUT2D eigenvalue weighted by Crippen LogP contribution is 2.22. The summed E-state index contributed by atoms with van der Waals surface area (Å²) in [4.78, 5) is 2.63. The van der Waals surface area contributed by atoms with E-state index in [0.29, 0.717) is 11.6 Å². The van der Waals surface area contributed by atoms with Crippen LogP contribution in [0.1, 0.15) is 40.5 Å². The summed E-state index contributed by atoms with van der Waals surface area (Å²) in [6.45, 7) is 12.9. The molecule has 0 aromatic heterocycles. The van der Waals surface area contributed by atoms with Gasteiger partial charge in [-0.15, -0.1) is 0 Å². The molecule has 2 nitrogen and oxygen atoms in total. The summed E-state index contributed by atoms with van der Waals surface area (Å²) in [7, 11) is 0. The lowest BCUT2D eigenvalue weighted by atomic mass is 9.95. The number of nitrogens with zero attached hydrogens (tertiary/aromatic N) is 1. The Kier molecular flexibility index (Phi) is 3.74. The Morgan fingerprint density at radius 3 is 2.54 bits per heavy atom. The van der Waals surface area contributed by atoms with E-state index in [1.54, 1.807) is 0 Å². The molecule has 0 aromatic carbocycles. The summed E-state index contributed by atoms with van der Waals surface area (Å²) in [5, 5.41) is 3.48. The van der Waals surface area contributed by atoms with Crippen molar-refractivity contribution in [2.24, 2.45) is 0 Å². The fraction of sp³-hybridized carbons (Fsp3) is 1.00. The topological polar surface area (TPSA) is 15.3 Å². The molecule has 1 N–H and O–H groups in total. The summed E-state index contributed by atoms with van der Waals surface area (Å²) in [6, 6.07) is 0.674. The monoisotopic (exact) mass is 184 g/mol. The van der Waals surface area contributed by atoms with E-state index in [1.165, 1.54) is 25.9 Å². The lowest BCUT2D eigenvalue weighted by Crippen LogP contribution is -2.51. The van der Waals surface area contributed by atoms with Crippen LogP contribution in [-0.4, -0.2) is 36.1 Å². The van der Waals surface area contributed by atoms with Gasteiger partial charge in [0.15, 0.2) is 0 Å². The van der Waals surface area contributed by atoms with Crippen molar-refractivity contribution in [3.63, 3.8) is 0 Å². The molecule has 1 aliphatic heterocycles. The van der Waals surface area contributed by atoms with Gasteiger partial charge in [-0.05, 0) is 53.6 Å². The van der Waals surface area contributed by atoms with Crippen LogP contribution in [0.2, 0.25) is 0 Å². The minimum Gasteiger partial charge on any atom is -0.317 e. The SMILES string of the molecule is CC(C)N1CCCNCCC1(C)C. The van der Waals surface area contributed by atoms with E-state index in [9.17, 15) is 0 Å². The van der Waals surface area contributed by atoms with Gasteiger partial charge >= 0.3 is 0 Å². The van der Waals surface area contributed by atoms with Crippen LogP contribution in [0.15, 0.2) is 0 Å². The molecule has 1 aliphatic rings. The van der Waals surface area contributed by atoms with E-state index in [2.05, 4.69) is 37.9 Å². The largest absolute Gasteiger partial charge is 0.317 e. The van der Waals surface area contributed by atoms with Gasteiger partial charge in [-0.3, -0.25) is 4.90 Å². The third-order valence-electron chi connectivity index (χ3n) is 3.07. The zero-order valence-electron chi connectivity index (χ0n) is 9.56. The van der Waals surface area contributed by atoms with E-state index in [1.807, 2.05) is 0 Å². The Morgan fingerprint density at radius 1 is 1.23 bits per heavy atom. The van der Waals surface area contributed by atoms with Crippen molar-refractivity contribution in [1.82, 2.24) is 10.2 Å². The van der Waals surface area contributed by atoms with Crippen molar-refractivity contribution in [3.8, 4) is 0 Å². The van der Waals surface area contributed by atoms with Crippen LogP contribution >= 0.6 is 0 Å². The van der Waals surface area contributed by atoms with Crippen LogP contribution in [0, 0.1) is 0 Å². The van der Waals surface area contributed by atoms with E-state index in [4.69, 9.17) is 0 Å². The van der Waals surface area contributed by atoms with Crippen LogP contribution in [0.4, 0.5) is 0 Å². The quantitative estimate of drug-likeness (QED) is 0.669. The van der Waals surface area contributed by atoms with E-state index in [0.717, 1.165) is 6.54 Å². The lowest BCUT2D eigenvalue weighted by molar-refractivity contribution is 0.0686. The molecule has 78 valence electrons. The maximum atomic E-state index is 3.48. The van der Waals surface area contributed by atoms with Crippen molar-refractivity contribution in [2.45, 2.75) is 52.1 Å². The number of hydrogen-bond donors (Lipinski definition) is 1. The fourth-order valence-corrected chi connectivity index (χ4v) is 2.30. The Labute approximate surface area is 82.7 Å². The van der Waals surface area contributed by atoms with Crippen molar-refractivity contribution in [3.05, 3.63) is 0 Å². The lowest BCUT2D eigenvalue weighted by Gasteiger charge is -2.43. The molecule has 1 fully saturated rings. The predicted octanol–water partition coefficient (Wildman–Crippen LogP) is 1.86. The summed E-state index contributed by atoms with van der Waals surface area (Å²) in [5.41, 5.74) is 0.363. The van der Waals surface area contributed by atoms with Crippen LogP contribution in [0.25, 0.3) is 0 Å². The average molecular weight is 184 g/mol. The molecule has 0 aliphatic carbocycles. The highest BCUT2D eigenvalue weighted by Gasteiger charge is 2.28. The molecule has 13 heavy (non-hydrogen) atoms. The number of nitrogens with one attached hydrogen (secondary N) is 1. The third-order valence-corrected chi connectivity index (χ3v) is 3.07. The zero-order valence-corrected chi connectivity index (χ0v) is 9.56. The summed E-state index contributed by atoms with van der Waals surface area (Å²) in [5.74, 6) is 0. The fourth-order valence-electron chi connectivity index (χ4n) is 2.30. The van der Waals surface area contributed by atoms with Crippen molar-refractivity contribution in [2.75, 3.05) is 19.6 Å². The Bertz CT molecular complexity index is 152. The molecule has 0 radical (unpaired) electrons. The van der Waals surface area contributed by atoms with Crippen LogP contribution < -0.4 is 5.32 Å². The molecular weight excluding hydrogens is 160 g/mol. The first-order valence-corrected chi connectivity index (χ1v) is 5.51. The van der Waals surface area contributed by atoms with Gasteiger partial charge < -0.3 is 5.32 Å². The minimum absolute atomic E-state index is 0.363. The zero-order chi connectivity index (χ0) is 9.90. The van der Waals surface area contributed by atoms with Gasteiger partial charge in [0.25, 0.3) is 0 Å². The Hall–Kier alpha value is -0.0800. The summed E-state index contributed by atoms with van der Waals surface area (Å²) in [6.07, 6.45) is 2.53. The molecule has 0 bridgehead atoms. The van der Waals surface area contributed by atoms with Gasteiger partial charge in [-0.2, -0.15) is 0 Å². The second-order valence-corrected chi connectivity index (χ2v) is 4.95. The van der Waals surface area contributed by atoms with Crippen LogP contribution in [0.3, 0.4) is 0 Å². The van der Waals surface area contributed by atoms with Gasteiger partial charge in [0.2, 0.25) is 0 Å². The van der Waals surface area contributed by atoms with E-state index >= 15 is 0 Å². The van der Waals surface area contributed by atoms with Crippen LogP contribution in [0.5, 0.6) is 0 Å². The smallest absolute Gasteiger partial charge is 0.0168 e. The van der Waals surface area contributed by atoms with Gasteiger partial charge in [0.05, 0.1) is 0 Å². The van der Waals surface area contributed by atoms with Gasteiger partial charge in [-0.25, -0.2) is 0 Å². The predicted molar refractivity (Wildman–Crippen MR) is 58.0 cm³/mol. The van der Waals surface area contributed by atoms with Gasteiger partial charge in [-0.1, -0.05) is 0 Å². The van der Waals surface area contributed by atoms with Gasteiger partial charge in [0, 0.05) is 18.1 Å². The van der Waals surface area contributed by atoms with Crippen molar-refractivity contribution >= 4 is 0 Å². The standard InChI is InChI=1S/C11H24N2/c1-10(2)13-9-5-7-12-8-6-11(13,3)4/h10,12H,5-9H2,1-4H3. The third kappa shape index (κ3) is 2.96. The molecule has 2 heteroatoms. The molecule has 0 unspecified atom stereocenters. The Morgan fingerprint density at radius 2 is 1.92 bits per heavy atom. The summed E-state index contributed by atoms with van der Waals surface area (Å²) >= 11 is 0. The highest BCUT2D eigenvalue weighted by molar-refractivity contribution is 4.85. The normalized spacial score (nSPS) is 25.6. The van der Waals surface area contributed by atoms with E-state index in [-0.39, 0.29) is 0 Å². The molecule has 0 aromatic rings. The average Bonchev–Trinajstić information content (AvgIpc) is 1.97. The molecular formula is C11H24N2. The first-order chi connectivity index (χ1) is 6.04. The minimum atomic E-state index is 0.363. The maximum absolute atomic E-state index is 3.48. The first kappa shape index (κ1) is 11.0. The molecule has 0 saturated carbocycles. The van der Waals surface area contributed by atoms with Gasteiger partial charge in [0.1, 0.15) is 0 Å². The van der Waals surface area contributed by atoms with Crippen LogP contribution in [-0.2, 0) is 0 Å². The maximum Gasteiger partial charge on any atom is 0.0168 e. The first-order valence-electron chi connectivity index (χ1n) is 5.51. The second-order valence-electron chi connectivity index (χ2n) is 4.95. The summed E-state index contributed by atoms with van der Waals surface area (Å²) < 4.78 is 0.